The summed E-state index contributed by atoms with van der Waals surface area (Å²) in [5.74, 6) is -0.280. The van der Waals surface area contributed by atoms with Gasteiger partial charge in [0.05, 0.1) is 12.3 Å². The Hall–Kier alpha value is -1.76. The van der Waals surface area contributed by atoms with Crippen LogP contribution in [0.25, 0.3) is 0 Å². The van der Waals surface area contributed by atoms with E-state index in [9.17, 15) is 4.79 Å². The lowest BCUT2D eigenvalue weighted by Gasteiger charge is -2.08. The van der Waals surface area contributed by atoms with Gasteiger partial charge in [0.25, 0.3) is 0 Å². The van der Waals surface area contributed by atoms with Crippen molar-refractivity contribution in [2.75, 3.05) is 19.0 Å². The van der Waals surface area contributed by atoms with Crippen molar-refractivity contribution in [3.05, 3.63) is 46.0 Å². The second-order valence-electron chi connectivity index (χ2n) is 5.24. The number of amides is 1. The van der Waals surface area contributed by atoms with Crippen molar-refractivity contribution >= 4 is 22.4 Å². The fourth-order valence-electron chi connectivity index (χ4n) is 2.11. The minimum absolute atomic E-state index is 0.187. The fraction of sp³-hybridized carbons (Fsp3) is 0.375. The lowest BCUT2D eigenvalue weighted by atomic mass is 10.1. The monoisotopic (exact) mass is 319 g/mol. The van der Waals surface area contributed by atoms with Gasteiger partial charge in [-0.1, -0.05) is 29.8 Å². The molecule has 22 heavy (non-hydrogen) atoms. The highest BCUT2D eigenvalue weighted by molar-refractivity contribution is 7.15. The maximum absolute atomic E-state index is 11.9. The van der Waals surface area contributed by atoms with Gasteiger partial charge in [-0.05, 0) is 19.4 Å². The average molecular weight is 319 g/mol. The lowest BCUT2D eigenvalue weighted by Crippen LogP contribution is -2.39. The molecule has 5 nitrogen and oxygen atoms in total. The number of hydrogen-bond donors (Lipinski definition) is 2. The largest absolute Gasteiger partial charge is 0.383 e. The molecule has 1 aromatic heterocycles. The Kier molecular flexibility index (Phi) is 5.65. The molecule has 1 aromatic carbocycles. The van der Waals surface area contributed by atoms with Gasteiger partial charge in [-0.3, -0.25) is 4.79 Å². The van der Waals surface area contributed by atoms with Crippen molar-refractivity contribution in [3.8, 4) is 0 Å². The number of aryl methyl sites for hydroxylation is 2. The van der Waals surface area contributed by atoms with Gasteiger partial charge < -0.3 is 15.8 Å². The van der Waals surface area contributed by atoms with Crippen molar-refractivity contribution < 1.29 is 9.53 Å². The molecule has 0 fully saturated rings. The topological polar surface area (TPSA) is 77.2 Å². The third-order valence-electron chi connectivity index (χ3n) is 3.25. The third-order valence-corrected chi connectivity index (χ3v) is 4.33. The van der Waals surface area contributed by atoms with Crippen LogP contribution in [-0.2, 0) is 16.0 Å². The van der Waals surface area contributed by atoms with E-state index in [0.717, 1.165) is 17.0 Å². The number of anilines is 1. The van der Waals surface area contributed by atoms with Crippen molar-refractivity contribution in [2.24, 2.45) is 5.73 Å². The summed E-state index contributed by atoms with van der Waals surface area (Å²) in [7, 11) is 1.51. The SMILES string of the molecule is COCC(N)C(=O)Nc1nc(C)c(Cc2cccc(C)c2)s1. The van der Waals surface area contributed by atoms with E-state index >= 15 is 0 Å². The number of nitrogens with one attached hydrogen (secondary N) is 1. The zero-order valence-corrected chi connectivity index (χ0v) is 13.9. The maximum atomic E-state index is 11.9. The predicted octanol–water partition coefficient (Wildman–Crippen LogP) is 2.26. The summed E-state index contributed by atoms with van der Waals surface area (Å²) in [5.41, 5.74) is 9.10. The van der Waals surface area contributed by atoms with Gasteiger partial charge in [0.1, 0.15) is 6.04 Å². The van der Waals surface area contributed by atoms with Crippen molar-refractivity contribution in [3.63, 3.8) is 0 Å². The second-order valence-corrected chi connectivity index (χ2v) is 6.33. The van der Waals surface area contributed by atoms with Crippen LogP contribution in [-0.4, -0.2) is 30.6 Å². The Morgan fingerprint density at radius 3 is 2.91 bits per heavy atom. The molecule has 3 N–H and O–H groups in total. The smallest absolute Gasteiger partial charge is 0.245 e. The van der Waals surface area contributed by atoms with Gasteiger partial charge in [-0.25, -0.2) is 4.98 Å². The molecular formula is C16H21N3O2S. The fourth-order valence-corrected chi connectivity index (χ4v) is 3.11. The van der Waals surface area contributed by atoms with Gasteiger partial charge in [0.2, 0.25) is 5.91 Å². The van der Waals surface area contributed by atoms with E-state index in [1.165, 1.54) is 29.6 Å². The minimum Gasteiger partial charge on any atom is -0.383 e. The van der Waals surface area contributed by atoms with E-state index in [2.05, 4.69) is 35.4 Å². The lowest BCUT2D eigenvalue weighted by molar-refractivity contribution is -0.118. The summed E-state index contributed by atoms with van der Waals surface area (Å²) in [4.78, 5) is 17.4. The van der Waals surface area contributed by atoms with Crippen LogP contribution in [0.15, 0.2) is 24.3 Å². The Labute approximate surface area is 134 Å². The number of methoxy groups -OCH3 is 1. The minimum atomic E-state index is -0.686. The molecule has 0 aliphatic rings. The molecule has 0 bridgehead atoms. The predicted molar refractivity (Wildman–Crippen MR) is 89.3 cm³/mol. The van der Waals surface area contributed by atoms with Gasteiger partial charge in [-0.2, -0.15) is 0 Å². The normalized spacial score (nSPS) is 12.2. The summed E-state index contributed by atoms with van der Waals surface area (Å²) >= 11 is 1.48. The Balaban J connectivity index is 2.06. The molecule has 0 aliphatic carbocycles. The number of hydrogen-bond acceptors (Lipinski definition) is 5. The number of carbonyl (C=O) groups excluding carboxylic acids is 1. The number of ether oxygens (including phenoxy) is 1. The summed E-state index contributed by atoms with van der Waals surface area (Å²) in [6, 6.07) is 7.69. The van der Waals surface area contributed by atoms with E-state index < -0.39 is 6.04 Å². The molecule has 118 valence electrons. The standard InChI is InChI=1S/C16H21N3O2S/c1-10-5-4-6-12(7-10)8-14-11(2)18-16(22-14)19-15(20)13(17)9-21-3/h4-7,13H,8-9,17H2,1-3H3,(H,18,19,20). The highest BCUT2D eigenvalue weighted by atomic mass is 32.1. The van der Waals surface area contributed by atoms with Gasteiger partial charge in [0, 0.05) is 18.4 Å². The van der Waals surface area contributed by atoms with Gasteiger partial charge >= 0.3 is 0 Å². The van der Waals surface area contributed by atoms with E-state index in [1.807, 2.05) is 13.0 Å². The van der Waals surface area contributed by atoms with Crippen molar-refractivity contribution in [1.82, 2.24) is 4.98 Å². The molecule has 2 rings (SSSR count). The van der Waals surface area contributed by atoms with Crippen LogP contribution in [0, 0.1) is 13.8 Å². The molecule has 6 heteroatoms. The highest BCUT2D eigenvalue weighted by Crippen LogP contribution is 2.25. The number of rotatable bonds is 6. The molecule has 1 amide bonds. The first kappa shape index (κ1) is 16.6. The number of benzene rings is 1. The van der Waals surface area contributed by atoms with Crippen LogP contribution < -0.4 is 11.1 Å². The van der Waals surface area contributed by atoms with Crippen molar-refractivity contribution in [1.29, 1.82) is 0 Å². The molecular weight excluding hydrogens is 298 g/mol. The van der Waals surface area contributed by atoms with Gasteiger partial charge in [0.15, 0.2) is 5.13 Å². The maximum Gasteiger partial charge on any atom is 0.245 e. The van der Waals surface area contributed by atoms with Crippen LogP contribution >= 0.6 is 11.3 Å². The number of nitrogens with two attached hydrogens (primary N) is 1. The highest BCUT2D eigenvalue weighted by Gasteiger charge is 2.16. The average Bonchev–Trinajstić information content (AvgIpc) is 2.79. The molecule has 1 unspecified atom stereocenters. The van der Waals surface area contributed by atoms with E-state index in [0.29, 0.717) is 5.13 Å². The Bertz CT molecular complexity index is 655. The molecule has 1 heterocycles. The van der Waals surface area contributed by atoms with E-state index in [1.54, 1.807) is 0 Å². The molecule has 0 saturated heterocycles. The second kappa shape index (κ2) is 7.49. The first-order valence-corrected chi connectivity index (χ1v) is 7.88. The van der Waals surface area contributed by atoms with Crippen LogP contribution in [0.4, 0.5) is 5.13 Å². The van der Waals surface area contributed by atoms with Crippen LogP contribution in [0.2, 0.25) is 0 Å². The Morgan fingerprint density at radius 1 is 1.45 bits per heavy atom. The number of aromatic nitrogens is 1. The quantitative estimate of drug-likeness (QED) is 0.856. The first-order valence-electron chi connectivity index (χ1n) is 7.07. The van der Waals surface area contributed by atoms with Crippen LogP contribution in [0.3, 0.4) is 0 Å². The molecule has 2 aromatic rings. The molecule has 0 aliphatic heterocycles. The number of carbonyl (C=O) groups is 1. The summed E-state index contributed by atoms with van der Waals surface area (Å²) in [5, 5.41) is 3.33. The third kappa shape index (κ3) is 4.37. The zero-order valence-electron chi connectivity index (χ0n) is 13.1. The van der Waals surface area contributed by atoms with E-state index in [-0.39, 0.29) is 12.5 Å². The van der Waals surface area contributed by atoms with Crippen LogP contribution in [0.1, 0.15) is 21.7 Å². The Morgan fingerprint density at radius 2 is 2.23 bits per heavy atom. The summed E-state index contributed by atoms with van der Waals surface area (Å²) in [6.07, 6.45) is 0.811. The van der Waals surface area contributed by atoms with Crippen molar-refractivity contribution in [2.45, 2.75) is 26.3 Å². The summed E-state index contributed by atoms with van der Waals surface area (Å²) in [6.45, 7) is 4.21. The first-order chi connectivity index (χ1) is 10.5. The van der Waals surface area contributed by atoms with E-state index in [4.69, 9.17) is 10.5 Å². The van der Waals surface area contributed by atoms with Gasteiger partial charge in [-0.15, -0.1) is 11.3 Å². The van der Waals surface area contributed by atoms with Crippen LogP contribution in [0.5, 0.6) is 0 Å². The number of nitrogens with zero attached hydrogens (tertiary/aromatic N) is 1. The molecule has 0 saturated carbocycles. The summed E-state index contributed by atoms with van der Waals surface area (Å²) < 4.78 is 4.88. The number of thiazole rings is 1. The molecule has 1 atom stereocenters. The molecule has 0 radical (unpaired) electrons. The zero-order chi connectivity index (χ0) is 16.1. The molecule has 0 spiro atoms.